The van der Waals surface area contributed by atoms with Crippen LogP contribution in [0.3, 0.4) is 0 Å². The molecule has 0 fully saturated rings. The van der Waals surface area contributed by atoms with Crippen LogP contribution in [0.15, 0.2) is 212 Å². The Kier molecular flexibility index (Phi) is 6.84. The fraction of sp³-hybridized carbons (Fsp3) is 0.0189. The zero-order chi connectivity index (χ0) is 35.6. The van der Waals surface area contributed by atoms with Gasteiger partial charge in [0, 0.05) is 16.8 Å². The van der Waals surface area contributed by atoms with Crippen LogP contribution in [0.4, 0.5) is 17.1 Å². The first kappa shape index (κ1) is 30.6. The molecule has 0 unspecified atom stereocenters. The van der Waals surface area contributed by atoms with Crippen LogP contribution in [0, 0.1) is 0 Å². The Hall–Kier alpha value is -6.96. The minimum Gasteiger partial charge on any atom is -0.310 e. The first-order valence-corrected chi connectivity index (χ1v) is 18.8. The predicted octanol–water partition coefficient (Wildman–Crippen LogP) is 14.0. The molecular formula is C53H35N. The van der Waals surface area contributed by atoms with Crippen LogP contribution >= 0.6 is 0 Å². The Morgan fingerprint density at radius 1 is 0.278 bits per heavy atom. The monoisotopic (exact) mass is 685 g/mol. The van der Waals surface area contributed by atoms with Crippen molar-refractivity contribution in [1.29, 1.82) is 0 Å². The molecule has 11 rings (SSSR count). The maximum Gasteiger partial charge on any atom is 0.0726 e. The summed E-state index contributed by atoms with van der Waals surface area (Å²) >= 11 is 0. The maximum absolute atomic E-state index is 2.49. The van der Waals surface area contributed by atoms with Gasteiger partial charge in [-0.05, 0) is 102 Å². The molecule has 0 saturated heterocycles. The van der Waals surface area contributed by atoms with Crippen molar-refractivity contribution in [2.45, 2.75) is 5.41 Å². The average molecular weight is 686 g/mol. The number of hydrogen-bond donors (Lipinski definition) is 0. The van der Waals surface area contributed by atoms with Crippen LogP contribution in [0.2, 0.25) is 0 Å². The quantitative estimate of drug-likeness (QED) is 0.174. The molecular weight excluding hydrogens is 651 g/mol. The van der Waals surface area contributed by atoms with Crippen molar-refractivity contribution >= 4 is 27.8 Å². The molecule has 54 heavy (non-hydrogen) atoms. The number of fused-ring (bicyclic) bond motifs is 11. The Balaban J connectivity index is 1.18. The van der Waals surface area contributed by atoms with Gasteiger partial charge in [-0.25, -0.2) is 0 Å². The molecule has 0 bridgehead atoms. The van der Waals surface area contributed by atoms with Crippen molar-refractivity contribution < 1.29 is 0 Å². The van der Waals surface area contributed by atoms with Gasteiger partial charge in [0.05, 0.1) is 11.1 Å². The number of anilines is 3. The van der Waals surface area contributed by atoms with Gasteiger partial charge < -0.3 is 4.90 Å². The van der Waals surface area contributed by atoms with E-state index in [0.717, 1.165) is 17.1 Å². The molecule has 1 heteroatoms. The normalized spacial score (nSPS) is 13.0. The highest BCUT2D eigenvalue weighted by Crippen LogP contribution is 2.63. The summed E-state index contributed by atoms with van der Waals surface area (Å²) in [6.45, 7) is 0. The SMILES string of the molecule is c1ccc(-c2ccc(N(c3ccc4c(c3)C3(c5ccccc5-c5ccccc53)c3ccccc3-4)c3ccc(-c4ccccc4)c4ccccc34)cc2)cc1. The molecule has 0 aliphatic heterocycles. The van der Waals surface area contributed by atoms with E-state index >= 15 is 0 Å². The smallest absolute Gasteiger partial charge is 0.0726 e. The molecule has 0 N–H and O–H groups in total. The van der Waals surface area contributed by atoms with Crippen LogP contribution in [0.1, 0.15) is 22.3 Å². The zero-order valence-corrected chi connectivity index (χ0v) is 29.7. The Labute approximate surface area is 316 Å². The fourth-order valence-corrected chi connectivity index (χ4v) is 9.43. The van der Waals surface area contributed by atoms with E-state index in [2.05, 4.69) is 217 Å². The summed E-state index contributed by atoms with van der Waals surface area (Å²) in [6, 6.07) is 78.2. The minimum atomic E-state index is -0.419. The second-order valence-corrected chi connectivity index (χ2v) is 14.4. The summed E-state index contributed by atoms with van der Waals surface area (Å²) in [7, 11) is 0. The summed E-state index contributed by atoms with van der Waals surface area (Å²) in [5.74, 6) is 0. The molecule has 1 spiro atoms. The second kappa shape index (κ2) is 12.0. The van der Waals surface area contributed by atoms with E-state index in [4.69, 9.17) is 0 Å². The minimum absolute atomic E-state index is 0.419. The molecule has 2 aliphatic carbocycles. The van der Waals surface area contributed by atoms with E-state index in [1.165, 1.54) is 77.5 Å². The third-order valence-electron chi connectivity index (χ3n) is 11.7. The van der Waals surface area contributed by atoms with Crippen LogP contribution in [0.25, 0.3) is 55.3 Å². The first-order valence-electron chi connectivity index (χ1n) is 18.8. The topological polar surface area (TPSA) is 3.24 Å². The molecule has 252 valence electrons. The molecule has 0 heterocycles. The van der Waals surface area contributed by atoms with Crippen molar-refractivity contribution in [1.82, 2.24) is 0 Å². The third kappa shape index (κ3) is 4.39. The Morgan fingerprint density at radius 2 is 0.722 bits per heavy atom. The predicted molar refractivity (Wildman–Crippen MR) is 226 cm³/mol. The lowest BCUT2D eigenvalue weighted by molar-refractivity contribution is 0.793. The lowest BCUT2D eigenvalue weighted by Crippen LogP contribution is -2.26. The lowest BCUT2D eigenvalue weighted by Gasteiger charge is -2.32. The van der Waals surface area contributed by atoms with E-state index < -0.39 is 5.41 Å². The molecule has 0 amide bonds. The second-order valence-electron chi connectivity index (χ2n) is 14.4. The third-order valence-corrected chi connectivity index (χ3v) is 11.7. The molecule has 2 aliphatic rings. The van der Waals surface area contributed by atoms with Gasteiger partial charge in [-0.2, -0.15) is 0 Å². The van der Waals surface area contributed by atoms with Crippen LogP contribution < -0.4 is 4.90 Å². The van der Waals surface area contributed by atoms with Gasteiger partial charge in [0.1, 0.15) is 0 Å². The molecule has 0 aromatic heterocycles. The van der Waals surface area contributed by atoms with Crippen molar-refractivity contribution in [3.05, 3.63) is 235 Å². The summed E-state index contributed by atoms with van der Waals surface area (Å²) in [6.07, 6.45) is 0. The van der Waals surface area contributed by atoms with Crippen molar-refractivity contribution in [3.63, 3.8) is 0 Å². The van der Waals surface area contributed by atoms with Crippen LogP contribution in [0.5, 0.6) is 0 Å². The van der Waals surface area contributed by atoms with Gasteiger partial charge in [0.25, 0.3) is 0 Å². The van der Waals surface area contributed by atoms with Crippen molar-refractivity contribution in [2.24, 2.45) is 0 Å². The van der Waals surface area contributed by atoms with Gasteiger partial charge in [-0.15, -0.1) is 0 Å². The van der Waals surface area contributed by atoms with Gasteiger partial charge in [0.2, 0.25) is 0 Å². The lowest BCUT2D eigenvalue weighted by atomic mass is 9.70. The Bertz CT molecular complexity index is 2810. The standard InChI is InChI=1S/C53H35N/c1-3-15-36(16-4-1)37-27-29-39(30-28-37)54(52-34-33-41(38-17-5-2-6-18-38)42-19-7-8-23-47(42)52)40-31-32-46-45-22-11-14-26-50(45)53(51(46)35-40)48-24-12-9-20-43(48)44-21-10-13-25-49(44)53/h1-35H. The molecule has 0 atom stereocenters. The average Bonchev–Trinajstić information content (AvgIpc) is 3.72. The molecule has 0 saturated carbocycles. The number of rotatable bonds is 5. The number of hydrogen-bond acceptors (Lipinski definition) is 1. The van der Waals surface area contributed by atoms with E-state index in [0.29, 0.717) is 0 Å². The van der Waals surface area contributed by atoms with E-state index in [-0.39, 0.29) is 0 Å². The van der Waals surface area contributed by atoms with Gasteiger partial charge in [-0.1, -0.05) is 182 Å². The summed E-state index contributed by atoms with van der Waals surface area (Å²) in [5.41, 5.74) is 18.5. The van der Waals surface area contributed by atoms with Gasteiger partial charge >= 0.3 is 0 Å². The summed E-state index contributed by atoms with van der Waals surface area (Å²) < 4.78 is 0. The van der Waals surface area contributed by atoms with Crippen molar-refractivity contribution in [2.75, 3.05) is 4.90 Å². The van der Waals surface area contributed by atoms with Crippen LogP contribution in [-0.4, -0.2) is 0 Å². The summed E-state index contributed by atoms with van der Waals surface area (Å²) in [5, 5.41) is 2.44. The van der Waals surface area contributed by atoms with Gasteiger partial charge in [-0.3, -0.25) is 0 Å². The highest BCUT2D eigenvalue weighted by Gasteiger charge is 2.51. The molecule has 9 aromatic carbocycles. The van der Waals surface area contributed by atoms with E-state index in [1.807, 2.05) is 0 Å². The number of nitrogens with zero attached hydrogens (tertiary/aromatic N) is 1. The number of benzene rings is 9. The maximum atomic E-state index is 2.49. The van der Waals surface area contributed by atoms with E-state index in [1.54, 1.807) is 0 Å². The summed E-state index contributed by atoms with van der Waals surface area (Å²) in [4.78, 5) is 2.47. The Morgan fingerprint density at radius 3 is 1.33 bits per heavy atom. The first-order chi connectivity index (χ1) is 26.8. The highest BCUT2D eigenvalue weighted by atomic mass is 15.1. The molecule has 1 nitrogen and oxygen atoms in total. The molecule has 0 radical (unpaired) electrons. The zero-order valence-electron chi connectivity index (χ0n) is 29.7. The van der Waals surface area contributed by atoms with Crippen molar-refractivity contribution in [3.8, 4) is 44.5 Å². The largest absolute Gasteiger partial charge is 0.310 e. The highest BCUT2D eigenvalue weighted by molar-refractivity contribution is 6.06. The van der Waals surface area contributed by atoms with Gasteiger partial charge in [0.15, 0.2) is 0 Å². The van der Waals surface area contributed by atoms with E-state index in [9.17, 15) is 0 Å². The fourth-order valence-electron chi connectivity index (χ4n) is 9.43. The molecule has 9 aromatic rings. The van der Waals surface area contributed by atoms with Crippen LogP contribution in [-0.2, 0) is 5.41 Å².